The molecule has 0 saturated heterocycles. The number of hydrogen-bond acceptors (Lipinski definition) is 8. The highest BCUT2D eigenvalue weighted by molar-refractivity contribution is 9.10. The van der Waals surface area contributed by atoms with Gasteiger partial charge in [0, 0.05) is 16.8 Å². The average Bonchev–Trinajstić information content (AvgIpc) is 3.09. The SMILES string of the molecule is CC(=O)N[C@H]1[C@H]([C@H](O)[C@H](O)CO)OC(C(=O)O)=C[C@@H]1n1nc2cc(Cl)c(Br)cc2c1C#N. The second kappa shape index (κ2) is 9.43. The van der Waals surface area contributed by atoms with Gasteiger partial charge in [0.15, 0.2) is 0 Å². The summed E-state index contributed by atoms with van der Waals surface area (Å²) in [6.45, 7) is 0.354. The van der Waals surface area contributed by atoms with E-state index < -0.39 is 54.6 Å². The molecule has 0 unspecified atom stereocenters. The number of ether oxygens (including phenoxy) is 1. The Bertz CT molecular complexity index is 1140. The summed E-state index contributed by atoms with van der Waals surface area (Å²) in [7, 11) is 0. The Morgan fingerprint density at radius 3 is 2.69 bits per heavy atom. The summed E-state index contributed by atoms with van der Waals surface area (Å²) < 4.78 is 7.06. The van der Waals surface area contributed by atoms with E-state index in [4.69, 9.17) is 16.3 Å². The minimum atomic E-state index is -1.78. The van der Waals surface area contributed by atoms with Crippen LogP contribution in [0.3, 0.4) is 0 Å². The predicted molar refractivity (Wildman–Crippen MR) is 113 cm³/mol. The lowest BCUT2D eigenvalue weighted by molar-refractivity contribution is -0.147. The number of nitrogens with zero attached hydrogens (tertiary/aromatic N) is 3. The number of amides is 1. The number of nitriles is 1. The van der Waals surface area contributed by atoms with Crippen molar-refractivity contribution >= 4 is 50.3 Å². The maximum atomic E-state index is 11.9. The number of hydrogen-bond donors (Lipinski definition) is 5. The number of halogens is 2. The van der Waals surface area contributed by atoms with E-state index >= 15 is 0 Å². The van der Waals surface area contributed by atoms with Gasteiger partial charge in [0.05, 0.1) is 29.2 Å². The van der Waals surface area contributed by atoms with Crippen molar-refractivity contribution in [3.8, 4) is 6.07 Å². The number of aliphatic carboxylic acids is 1. The van der Waals surface area contributed by atoms with Crippen LogP contribution in [0.1, 0.15) is 18.7 Å². The van der Waals surface area contributed by atoms with Gasteiger partial charge in [-0.1, -0.05) is 11.6 Å². The van der Waals surface area contributed by atoms with Crippen molar-refractivity contribution < 1.29 is 34.8 Å². The first kappa shape index (κ1) is 24.0. The third kappa shape index (κ3) is 4.43. The van der Waals surface area contributed by atoms with E-state index in [1.165, 1.54) is 17.7 Å². The highest BCUT2D eigenvalue weighted by atomic mass is 79.9. The van der Waals surface area contributed by atoms with Crippen LogP contribution in [-0.2, 0) is 14.3 Å². The highest BCUT2D eigenvalue weighted by Gasteiger charge is 2.45. The molecule has 1 aromatic carbocycles. The molecule has 13 heteroatoms. The number of carbonyl (C=O) groups is 2. The van der Waals surface area contributed by atoms with Crippen LogP contribution < -0.4 is 5.32 Å². The van der Waals surface area contributed by atoms with Gasteiger partial charge in [0.2, 0.25) is 11.7 Å². The summed E-state index contributed by atoms with van der Waals surface area (Å²) >= 11 is 9.41. The summed E-state index contributed by atoms with van der Waals surface area (Å²) in [5.74, 6) is -2.62. The molecule has 5 atom stereocenters. The van der Waals surface area contributed by atoms with Gasteiger partial charge in [-0.3, -0.25) is 4.79 Å². The van der Waals surface area contributed by atoms with E-state index in [-0.39, 0.29) is 5.69 Å². The number of fused-ring (bicyclic) bond motifs is 1. The molecule has 0 aliphatic carbocycles. The molecule has 0 bridgehead atoms. The number of rotatable bonds is 6. The van der Waals surface area contributed by atoms with Crippen molar-refractivity contribution in [2.45, 2.75) is 37.3 Å². The molecular formula is C19H18BrClN4O7. The minimum Gasteiger partial charge on any atom is -0.478 e. The molecule has 5 N–H and O–H groups in total. The Hall–Kier alpha value is -2.69. The van der Waals surface area contributed by atoms with Crippen molar-refractivity contribution in [2.75, 3.05) is 6.61 Å². The molecule has 0 saturated carbocycles. The zero-order chi connectivity index (χ0) is 23.7. The fourth-order valence-corrected chi connectivity index (χ4v) is 3.99. The second-order valence-electron chi connectivity index (χ2n) is 7.06. The Morgan fingerprint density at radius 2 is 2.12 bits per heavy atom. The first-order chi connectivity index (χ1) is 15.1. The highest BCUT2D eigenvalue weighted by Crippen LogP contribution is 2.35. The summed E-state index contributed by atoms with van der Waals surface area (Å²) in [6.07, 6.45) is -3.81. The monoisotopic (exact) mass is 528 g/mol. The van der Waals surface area contributed by atoms with Gasteiger partial charge in [-0.25, -0.2) is 9.48 Å². The number of carboxylic acid groups (broad SMARTS) is 1. The first-order valence-corrected chi connectivity index (χ1v) is 10.4. The van der Waals surface area contributed by atoms with Crippen LogP contribution in [0.2, 0.25) is 5.02 Å². The van der Waals surface area contributed by atoms with Crippen molar-refractivity contribution in [3.63, 3.8) is 0 Å². The van der Waals surface area contributed by atoms with Crippen LogP contribution in [0.5, 0.6) is 0 Å². The molecule has 2 aromatic rings. The molecule has 170 valence electrons. The number of carbonyl (C=O) groups excluding carboxylic acids is 1. The molecule has 11 nitrogen and oxygen atoms in total. The van der Waals surface area contributed by atoms with Gasteiger partial charge in [0.1, 0.15) is 30.1 Å². The maximum absolute atomic E-state index is 11.9. The number of aliphatic hydroxyl groups is 3. The largest absolute Gasteiger partial charge is 0.478 e. The fraction of sp³-hybridized carbons (Fsp3) is 0.368. The Kier molecular flexibility index (Phi) is 7.06. The quantitative estimate of drug-likeness (QED) is 0.355. The van der Waals surface area contributed by atoms with Crippen LogP contribution in [0.25, 0.3) is 10.9 Å². The number of carboxylic acids is 1. The van der Waals surface area contributed by atoms with Gasteiger partial charge >= 0.3 is 5.97 Å². The zero-order valence-electron chi connectivity index (χ0n) is 16.4. The Labute approximate surface area is 194 Å². The van der Waals surface area contributed by atoms with E-state index in [1.54, 1.807) is 6.07 Å². The van der Waals surface area contributed by atoms with Gasteiger partial charge in [-0.05, 0) is 34.1 Å². The third-order valence-electron chi connectivity index (χ3n) is 4.93. The molecule has 2 heterocycles. The molecule has 32 heavy (non-hydrogen) atoms. The number of aliphatic hydroxyl groups excluding tert-OH is 3. The van der Waals surface area contributed by atoms with Crippen LogP contribution in [0.15, 0.2) is 28.4 Å². The second-order valence-corrected chi connectivity index (χ2v) is 8.33. The normalized spacial score (nSPS) is 22.4. The van der Waals surface area contributed by atoms with E-state index in [2.05, 4.69) is 26.3 Å². The lowest BCUT2D eigenvalue weighted by Crippen LogP contribution is -2.58. The summed E-state index contributed by atoms with van der Waals surface area (Å²) in [5, 5.41) is 56.7. The van der Waals surface area contributed by atoms with Crippen molar-refractivity contribution in [1.82, 2.24) is 15.1 Å². The number of aromatic nitrogens is 2. The molecule has 0 fully saturated rings. The van der Waals surface area contributed by atoms with Crippen molar-refractivity contribution in [2.24, 2.45) is 0 Å². The lowest BCUT2D eigenvalue weighted by atomic mass is 9.92. The van der Waals surface area contributed by atoms with E-state index in [9.17, 15) is 35.3 Å². The Balaban J connectivity index is 2.24. The van der Waals surface area contributed by atoms with Crippen molar-refractivity contribution in [1.29, 1.82) is 5.26 Å². The zero-order valence-corrected chi connectivity index (χ0v) is 18.8. The first-order valence-electron chi connectivity index (χ1n) is 9.22. The van der Waals surface area contributed by atoms with Gasteiger partial charge in [-0.2, -0.15) is 10.4 Å². The predicted octanol–water partition coefficient (Wildman–Crippen LogP) is 0.451. The molecule has 3 rings (SSSR count). The third-order valence-corrected chi connectivity index (χ3v) is 6.13. The molecule has 1 aromatic heterocycles. The topological polar surface area (TPSA) is 178 Å². The van der Waals surface area contributed by atoms with Crippen LogP contribution in [0, 0.1) is 11.3 Å². The summed E-state index contributed by atoms with van der Waals surface area (Å²) in [6, 6.07) is 2.83. The van der Waals surface area contributed by atoms with Gasteiger partial charge in [0.25, 0.3) is 0 Å². The number of benzene rings is 1. The summed E-state index contributed by atoms with van der Waals surface area (Å²) in [5.41, 5.74) is 0.372. The summed E-state index contributed by atoms with van der Waals surface area (Å²) in [4.78, 5) is 23.6. The van der Waals surface area contributed by atoms with Gasteiger partial charge < -0.3 is 30.5 Å². The maximum Gasteiger partial charge on any atom is 0.370 e. The molecule has 1 aliphatic heterocycles. The Morgan fingerprint density at radius 1 is 1.44 bits per heavy atom. The molecule has 1 aliphatic rings. The standard InChI is InChI=1S/C19H18BrClN4O7/c1-7(27)23-16-12(4-15(19(30)31)32-18(16)17(29)14(28)6-26)25-13(5-22)8-2-9(20)10(21)3-11(8)24-25/h2-4,12,14,16-18,26,28-29H,6H2,1H3,(H,23,27)(H,30,31)/t12-,14+,16+,17+,18+/m0/s1. The average molecular weight is 530 g/mol. The van der Waals surface area contributed by atoms with E-state index in [0.717, 1.165) is 6.08 Å². The number of nitrogens with one attached hydrogen (secondary N) is 1. The minimum absolute atomic E-state index is 0.0385. The molecular weight excluding hydrogens is 512 g/mol. The molecule has 0 radical (unpaired) electrons. The van der Waals surface area contributed by atoms with E-state index in [1.807, 2.05) is 6.07 Å². The molecule has 0 spiro atoms. The van der Waals surface area contributed by atoms with Crippen molar-refractivity contribution in [3.05, 3.63) is 39.2 Å². The van der Waals surface area contributed by atoms with Crippen LogP contribution in [0.4, 0.5) is 0 Å². The smallest absolute Gasteiger partial charge is 0.370 e. The molecule has 1 amide bonds. The van der Waals surface area contributed by atoms with E-state index in [0.29, 0.717) is 20.4 Å². The lowest BCUT2D eigenvalue weighted by Gasteiger charge is -2.40. The van der Waals surface area contributed by atoms with Crippen LogP contribution >= 0.6 is 27.5 Å². The van der Waals surface area contributed by atoms with Crippen LogP contribution in [-0.4, -0.2) is 73.0 Å². The fourth-order valence-electron chi connectivity index (χ4n) is 3.49. The van der Waals surface area contributed by atoms with Gasteiger partial charge in [-0.15, -0.1) is 0 Å².